The van der Waals surface area contributed by atoms with Crippen LogP contribution in [0, 0.1) is 5.82 Å². The van der Waals surface area contributed by atoms with Crippen molar-refractivity contribution >= 4 is 31.9 Å². The van der Waals surface area contributed by atoms with Crippen LogP contribution in [0.5, 0.6) is 0 Å². The highest BCUT2D eigenvalue weighted by Gasteiger charge is 2.22. The van der Waals surface area contributed by atoms with Gasteiger partial charge in [-0.15, -0.1) is 0 Å². The average molecular weight is 392 g/mol. The molecule has 0 aliphatic carbocycles. The van der Waals surface area contributed by atoms with Gasteiger partial charge in [-0.3, -0.25) is 4.68 Å². The zero-order chi connectivity index (χ0) is 14.2. The molecule has 0 saturated heterocycles. The van der Waals surface area contributed by atoms with Gasteiger partial charge < -0.3 is 5.11 Å². The maximum Gasteiger partial charge on any atom is 0.124 e. The first-order chi connectivity index (χ1) is 8.91. The molecule has 1 unspecified atom stereocenters. The maximum absolute atomic E-state index is 13.1. The zero-order valence-corrected chi connectivity index (χ0v) is 13.6. The van der Waals surface area contributed by atoms with Crippen molar-refractivity contribution in [3.63, 3.8) is 0 Å². The predicted molar refractivity (Wildman–Crippen MR) is 78.5 cm³/mol. The van der Waals surface area contributed by atoms with Gasteiger partial charge in [-0.05, 0) is 41.9 Å². The summed E-state index contributed by atoms with van der Waals surface area (Å²) in [6.07, 6.45) is 0.768. The van der Waals surface area contributed by atoms with Crippen LogP contribution in [0.4, 0.5) is 4.39 Å². The highest BCUT2D eigenvalue weighted by molar-refractivity contribution is 9.10. The van der Waals surface area contributed by atoms with Crippen LogP contribution < -0.4 is 0 Å². The molecule has 1 N–H and O–H groups in total. The maximum atomic E-state index is 13.1. The molecule has 0 saturated carbocycles. The Morgan fingerprint density at radius 2 is 1.95 bits per heavy atom. The summed E-state index contributed by atoms with van der Waals surface area (Å²) in [7, 11) is 0. The molecule has 102 valence electrons. The lowest BCUT2D eigenvalue weighted by molar-refractivity contribution is 0.203. The summed E-state index contributed by atoms with van der Waals surface area (Å²) in [5, 5.41) is 14.7. The molecule has 1 aromatic heterocycles. The van der Waals surface area contributed by atoms with Crippen LogP contribution in [0.15, 0.2) is 33.3 Å². The molecule has 0 spiro atoms. The molecule has 0 aliphatic rings. The first-order valence-electron chi connectivity index (χ1n) is 5.77. The molecule has 1 heterocycles. The molecule has 19 heavy (non-hydrogen) atoms. The van der Waals surface area contributed by atoms with Crippen LogP contribution in [-0.4, -0.2) is 14.9 Å². The van der Waals surface area contributed by atoms with Gasteiger partial charge in [0.15, 0.2) is 0 Å². The number of halogens is 3. The molecular weight excluding hydrogens is 379 g/mol. The lowest BCUT2D eigenvalue weighted by Gasteiger charge is -2.18. The van der Waals surface area contributed by atoms with Crippen LogP contribution in [0.2, 0.25) is 0 Å². The second-order valence-corrected chi connectivity index (χ2v) is 6.19. The average Bonchev–Trinajstić information content (AvgIpc) is 2.70. The minimum atomic E-state index is -0.880. The van der Waals surface area contributed by atoms with Crippen molar-refractivity contribution in [1.82, 2.24) is 9.78 Å². The van der Waals surface area contributed by atoms with Crippen molar-refractivity contribution in [2.24, 2.45) is 0 Å². The van der Waals surface area contributed by atoms with Gasteiger partial charge in [0.1, 0.15) is 11.9 Å². The Labute approximate surface area is 127 Å². The van der Waals surface area contributed by atoms with E-state index in [2.05, 4.69) is 37.0 Å². The summed E-state index contributed by atoms with van der Waals surface area (Å²) in [6.45, 7) is 3.96. The Balaban J connectivity index is 2.49. The Kier molecular flexibility index (Phi) is 4.43. The van der Waals surface area contributed by atoms with Crippen LogP contribution >= 0.6 is 31.9 Å². The third kappa shape index (κ3) is 2.90. The monoisotopic (exact) mass is 390 g/mol. The fraction of sp³-hybridized carbons (Fsp3) is 0.308. The number of rotatable bonds is 3. The van der Waals surface area contributed by atoms with Gasteiger partial charge in [0.25, 0.3) is 0 Å². The van der Waals surface area contributed by atoms with Gasteiger partial charge in [0, 0.05) is 16.1 Å². The summed E-state index contributed by atoms with van der Waals surface area (Å²) in [5.41, 5.74) is 1.26. The largest absolute Gasteiger partial charge is 0.382 e. The first-order valence-corrected chi connectivity index (χ1v) is 7.36. The molecule has 1 aromatic carbocycles. The van der Waals surface area contributed by atoms with Crippen molar-refractivity contribution in [3.05, 3.63) is 50.4 Å². The van der Waals surface area contributed by atoms with Crippen molar-refractivity contribution in [2.75, 3.05) is 0 Å². The van der Waals surface area contributed by atoms with Crippen LogP contribution in [0.3, 0.4) is 0 Å². The minimum Gasteiger partial charge on any atom is -0.382 e. The predicted octanol–water partition coefficient (Wildman–Crippen LogP) is 4.21. The molecule has 2 rings (SSSR count). The van der Waals surface area contributed by atoms with Crippen LogP contribution in [0.1, 0.15) is 37.3 Å². The highest BCUT2D eigenvalue weighted by Crippen LogP contribution is 2.34. The second-order valence-electron chi connectivity index (χ2n) is 4.48. The normalized spacial score (nSPS) is 13.0. The SMILES string of the molecule is CC(C)n1ncc(Br)c1C(O)c1ccc(F)cc1Br. The summed E-state index contributed by atoms with van der Waals surface area (Å²) < 4.78 is 16.1. The molecule has 6 heteroatoms. The number of hydrogen-bond donors (Lipinski definition) is 1. The van der Waals surface area contributed by atoms with E-state index in [-0.39, 0.29) is 11.9 Å². The van der Waals surface area contributed by atoms with Gasteiger partial charge >= 0.3 is 0 Å². The molecule has 0 fully saturated rings. The third-order valence-electron chi connectivity index (χ3n) is 2.79. The van der Waals surface area contributed by atoms with E-state index in [1.54, 1.807) is 16.9 Å². The Morgan fingerprint density at radius 1 is 1.26 bits per heavy atom. The fourth-order valence-electron chi connectivity index (χ4n) is 1.89. The van der Waals surface area contributed by atoms with Crippen LogP contribution in [0.25, 0.3) is 0 Å². The number of aromatic nitrogens is 2. The fourth-order valence-corrected chi connectivity index (χ4v) is 2.95. The topological polar surface area (TPSA) is 38.0 Å². The molecule has 0 amide bonds. The number of nitrogens with zero attached hydrogens (tertiary/aromatic N) is 2. The molecule has 3 nitrogen and oxygen atoms in total. The highest BCUT2D eigenvalue weighted by atomic mass is 79.9. The summed E-state index contributed by atoms with van der Waals surface area (Å²) in [6, 6.07) is 4.35. The van der Waals surface area contributed by atoms with Gasteiger partial charge in [-0.2, -0.15) is 5.10 Å². The smallest absolute Gasteiger partial charge is 0.124 e. The van der Waals surface area contributed by atoms with Gasteiger partial charge in [-0.25, -0.2) is 4.39 Å². The summed E-state index contributed by atoms with van der Waals surface area (Å²) in [5.74, 6) is -0.348. The van der Waals surface area contributed by atoms with Gasteiger partial charge in [-0.1, -0.05) is 22.0 Å². The molecule has 0 bridgehead atoms. The molecule has 1 atom stereocenters. The Bertz CT molecular complexity index is 598. The number of aliphatic hydroxyl groups is 1. The third-order valence-corrected chi connectivity index (χ3v) is 4.09. The van der Waals surface area contributed by atoms with Crippen molar-refractivity contribution < 1.29 is 9.50 Å². The van der Waals surface area contributed by atoms with E-state index in [1.807, 2.05) is 13.8 Å². The number of benzene rings is 1. The van der Waals surface area contributed by atoms with E-state index in [4.69, 9.17) is 0 Å². The lowest BCUT2D eigenvalue weighted by atomic mass is 10.1. The van der Waals surface area contributed by atoms with Crippen molar-refractivity contribution in [2.45, 2.75) is 26.0 Å². The van der Waals surface area contributed by atoms with Crippen molar-refractivity contribution in [1.29, 1.82) is 0 Å². The molecule has 2 aromatic rings. The van der Waals surface area contributed by atoms with E-state index in [1.165, 1.54) is 12.1 Å². The zero-order valence-electron chi connectivity index (χ0n) is 10.4. The molecule has 0 radical (unpaired) electrons. The summed E-state index contributed by atoms with van der Waals surface area (Å²) in [4.78, 5) is 0. The quantitative estimate of drug-likeness (QED) is 0.850. The molecule has 0 aliphatic heterocycles. The standard InChI is InChI=1S/C13H13Br2FN2O/c1-7(2)18-12(11(15)6-17-18)13(19)9-4-3-8(16)5-10(9)14/h3-7,13,19H,1-2H3. The van der Waals surface area contributed by atoms with Gasteiger partial charge in [0.2, 0.25) is 0 Å². The Hall–Kier alpha value is -0.720. The number of aliphatic hydroxyl groups excluding tert-OH is 1. The van der Waals surface area contributed by atoms with Crippen LogP contribution in [-0.2, 0) is 0 Å². The lowest BCUT2D eigenvalue weighted by Crippen LogP contribution is -2.13. The van der Waals surface area contributed by atoms with E-state index in [9.17, 15) is 9.50 Å². The van der Waals surface area contributed by atoms with E-state index < -0.39 is 6.10 Å². The summed E-state index contributed by atoms with van der Waals surface area (Å²) >= 11 is 6.66. The minimum absolute atomic E-state index is 0.121. The second kappa shape index (κ2) is 5.73. The van der Waals surface area contributed by atoms with E-state index in [0.717, 1.165) is 4.47 Å². The van der Waals surface area contributed by atoms with E-state index >= 15 is 0 Å². The first kappa shape index (κ1) is 14.7. The number of hydrogen-bond acceptors (Lipinski definition) is 2. The molecular formula is C13H13Br2FN2O. The Morgan fingerprint density at radius 3 is 2.53 bits per heavy atom. The van der Waals surface area contributed by atoms with Gasteiger partial charge in [0.05, 0.1) is 16.4 Å². The van der Waals surface area contributed by atoms with Crippen molar-refractivity contribution in [3.8, 4) is 0 Å². The van der Waals surface area contributed by atoms with E-state index in [0.29, 0.717) is 15.7 Å².